The van der Waals surface area contributed by atoms with Crippen LogP contribution in [0, 0.1) is 11.7 Å². The van der Waals surface area contributed by atoms with Crippen LogP contribution in [0.4, 0.5) is 10.1 Å². The molecule has 5 aromatic rings. The third-order valence-electron chi connectivity index (χ3n) is 12.7. The van der Waals surface area contributed by atoms with Crippen LogP contribution in [0.2, 0.25) is 0 Å². The zero-order valence-corrected chi connectivity index (χ0v) is 30.6. The molecule has 1 unspecified atom stereocenters. The van der Waals surface area contributed by atoms with E-state index in [4.69, 9.17) is 4.98 Å². The van der Waals surface area contributed by atoms with Crippen molar-refractivity contribution in [2.75, 3.05) is 44.2 Å². The first-order chi connectivity index (χ1) is 26.6. The van der Waals surface area contributed by atoms with Gasteiger partial charge in [0.1, 0.15) is 11.9 Å². The summed E-state index contributed by atoms with van der Waals surface area (Å²) < 4.78 is 18.8. The number of nitrogens with zero attached hydrogens (tertiary/aromatic N) is 6. The second kappa shape index (κ2) is 12.7. The smallest absolute Gasteiger partial charge is 0.329 e. The molecule has 3 N–H and O–H groups in total. The number of imide groups is 1. The predicted molar refractivity (Wildman–Crippen MR) is 203 cm³/mol. The normalized spacial score (nSPS) is 21.5. The number of carbonyl (C=O) groups is 3. The molecule has 14 heteroatoms. The Morgan fingerprint density at radius 2 is 1.75 bits per heavy atom. The van der Waals surface area contributed by atoms with E-state index in [9.17, 15) is 19.2 Å². The number of aromatic nitrogens is 5. The molecular formula is C41H42FN9O4. The highest BCUT2D eigenvalue weighted by Gasteiger charge is 2.50. The van der Waals surface area contributed by atoms with Crippen LogP contribution in [0.1, 0.15) is 72.1 Å². The maximum Gasteiger partial charge on any atom is 0.329 e. The number of halogens is 1. The van der Waals surface area contributed by atoms with Crippen LogP contribution in [-0.4, -0.2) is 86.0 Å². The molecule has 1 atom stereocenters. The van der Waals surface area contributed by atoms with Gasteiger partial charge in [-0.05, 0) is 86.1 Å². The van der Waals surface area contributed by atoms with E-state index >= 15 is 4.39 Å². The van der Waals surface area contributed by atoms with Gasteiger partial charge in [0.15, 0.2) is 5.82 Å². The van der Waals surface area contributed by atoms with Crippen LogP contribution in [0.25, 0.3) is 33.8 Å². The Bertz CT molecular complexity index is 2470. The van der Waals surface area contributed by atoms with E-state index in [0.29, 0.717) is 53.0 Å². The first-order valence-corrected chi connectivity index (χ1v) is 19.3. The summed E-state index contributed by atoms with van der Waals surface area (Å²) in [4.78, 5) is 67.2. The topological polar surface area (TPSA) is 150 Å². The fourth-order valence-corrected chi connectivity index (χ4v) is 9.25. The van der Waals surface area contributed by atoms with E-state index in [2.05, 4.69) is 42.5 Å². The van der Waals surface area contributed by atoms with E-state index in [1.807, 2.05) is 18.2 Å². The third-order valence-corrected chi connectivity index (χ3v) is 12.7. The lowest BCUT2D eigenvalue weighted by molar-refractivity contribution is -0.135. The number of imidazole rings is 1. The average Bonchev–Trinajstić information content (AvgIpc) is 3.72. The summed E-state index contributed by atoms with van der Waals surface area (Å²) in [5, 5.41) is 5.37. The van der Waals surface area contributed by atoms with Crippen molar-refractivity contribution in [2.24, 2.45) is 13.0 Å². The predicted octanol–water partition coefficient (Wildman–Crippen LogP) is 4.00. The fourth-order valence-electron chi connectivity index (χ4n) is 9.25. The number of piperidine rings is 2. The van der Waals surface area contributed by atoms with Crippen LogP contribution in [0.5, 0.6) is 0 Å². The molecule has 2 aromatic carbocycles. The van der Waals surface area contributed by atoms with Crippen LogP contribution in [0.3, 0.4) is 0 Å². The molecule has 1 spiro atoms. The first kappa shape index (κ1) is 33.9. The van der Waals surface area contributed by atoms with Gasteiger partial charge in [0.2, 0.25) is 11.8 Å². The number of aryl methyl sites for hydroxylation is 1. The van der Waals surface area contributed by atoms with Crippen LogP contribution < -0.4 is 21.2 Å². The van der Waals surface area contributed by atoms with Crippen molar-refractivity contribution in [1.82, 2.24) is 39.6 Å². The minimum absolute atomic E-state index is 0.00473. The number of likely N-dealkylation sites (tertiary alicyclic amines) is 1. The highest BCUT2D eigenvalue weighted by molar-refractivity contribution is 6.00. The van der Waals surface area contributed by atoms with Crippen molar-refractivity contribution in [2.45, 2.75) is 55.9 Å². The van der Waals surface area contributed by atoms with Gasteiger partial charge < -0.3 is 20.1 Å². The minimum Gasteiger partial charge on any atom is -0.371 e. The molecule has 0 radical (unpaired) electrons. The van der Waals surface area contributed by atoms with Crippen LogP contribution >= 0.6 is 0 Å². The summed E-state index contributed by atoms with van der Waals surface area (Å²) in [7, 11) is 1.73. The number of amides is 3. The van der Waals surface area contributed by atoms with E-state index in [-0.39, 0.29) is 35.2 Å². The maximum absolute atomic E-state index is 15.7. The van der Waals surface area contributed by atoms with E-state index in [0.717, 1.165) is 81.0 Å². The highest BCUT2D eigenvalue weighted by Crippen LogP contribution is 2.50. The van der Waals surface area contributed by atoms with Crippen molar-refractivity contribution >= 4 is 34.4 Å². The Kier molecular flexibility index (Phi) is 7.84. The molecule has 13 nitrogen and oxygen atoms in total. The average molecular weight is 744 g/mol. The number of aromatic amines is 1. The molecule has 7 heterocycles. The van der Waals surface area contributed by atoms with Gasteiger partial charge in [-0.3, -0.25) is 28.8 Å². The number of hydrogen-bond acceptors (Lipinski definition) is 8. The van der Waals surface area contributed by atoms with Crippen molar-refractivity contribution in [3.05, 3.63) is 87.9 Å². The monoisotopic (exact) mass is 743 g/mol. The summed E-state index contributed by atoms with van der Waals surface area (Å²) in [5.41, 5.74) is 6.63. The van der Waals surface area contributed by atoms with Gasteiger partial charge in [-0.2, -0.15) is 0 Å². The number of carbonyl (C=O) groups excluding carboxylic acids is 3. The standard InChI is InChI=1S/C41H42FN9O4/c1-48-34-16-24(2-5-32(34)51(40(48)55)33-6-7-35(52)47-39(33)54)25-20-49(21-25)19-23-9-14-50(15-10-23)26-3-4-27(29(42)17-26)37-43-13-8-30(46-37)31-18-28-36(45-31)41(11-12-41)22-44-38(28)53/h2-5,8,13,16-18,23,25,33,45H,6-7,9-12,14-15,19-22H2,1H3,(H,44,53)(H,47,52,54). The van der Waals surface area contributed by atoms with Crippen molar-refractivity contribution in [3.8, 4) is 22.8 Å². The van der Waals surface area contributed by atoms with Crippen molar-refractivity contribution in [1.29, 1.82) is 0 Å². The quantitative estimate of drug-likeness (QED) is 0.212. The van der Waals surface area contributed by atoms with Gasteiger partial charge >= 0.3 is 5.69 Å². The molecule has 10 rings (SSSR count). The summed E-state index contributed by atoms with van der Waals surface area (Å²) in [5.74, 6) is 0.0651. The van der Waals surface area contributed by atoms with Crippen molar-refractivity contribution in [3.63, 3.8) is 0 Å². The van der Waals surface area contributed by atoms with Crippen LogP contribution in [0.15, 0.2) is 59.5 Å². The Hall–Kier alpha value is -5.63. The molecule has 282 valence electrons. The number of benzene rings is 2. The number of H-pyrrole nitrogens is 1. The summed E-state index contributed by atoms with van der Waals surface area (Å²) in [6, 6.07) is 14.3. The molecule has 0 bridgehead atoms. The van der Waals surface area contributed by atoms with Gasteiger partial charge in [-0.15, -0.1) is 0 Å². The molecule has 3 saturated heterocycles. The van der Waals surface area contributed by atoms with Gasteiger partial charge in [0.25, 0.3) is 5.91 Å². The van der Waals surface area contributed by atoms with Gasteiger partial charge in [-0.25, -0.2) is 19.2 Å². The zero-order valence-electron chi connectivity index (χ0n) is 30.6. The molecule has 1 saturated carbocycles. The van der Waals surface area contributed by atoms with E-state index < -0.39 is 11.9 Å². The number of fused-ring (bicyclic) bond motifs is 3. The maximum atomic E-state index is 15.7. The fraction of sp³-hybridized carbons (Fsp3) is 0.415. The van der Waals surface area contributed by atoms with Gasteiger partial charge in [0.05, 0.1) is 33.5 Å². The molecule has 4 fully saturated rings. The van der Waals surface area contributed by atoms with E-state index in [1.54, 1.807) is 36.0 Å². The molecule has 3 amide bonds. The Morgan fingerprint density at radius 3 is 2.51 bits per heavy atom. The lowest BCUT2D eigenvalue weighted by atomic mass is 9.88. The lowest BCUT2D eigenvalue weighted by Gasteiger charge is -2.43. The molecular weight excluding hydrogens is 702 g/mol. The SMILES string of the molecule is Cn1c(=O)n(C2CCC(=O)NC2=O)c2ccc(C3CN(CC4CCN(c5ccc(-c6nccc(-c7cc8c([nH]7)C7(CC7)CNC8=O)n6)c(F)c5)CC4)C3)cc21. The third kappa shape index (κ3) is 5.76. The summed E-state index contributed by atoms with van der Waals surface area (Å²) in [6.45, 7) is 5.29. The number of rotatable bonds is 7. The minimum atomic E-state index is -0.689. The first-order valence-electron chi connectivity index (χ1n) is 19.3. The number of nitrogens with one attached hydrogen (secondary N) is 3. The Balaban J connectivity index is 0.752. The highest BCUT2D eigenvalue weighted by atomic mass is 19.1. The molecule has 3 aromatic heterocycles. The second-order valence-electron chi connectivity index (χ2n) is 16.1. The second-order valence-corrected chi connectivity index (χ2v) is 16.1. The molecule has 1 aliphatic carbocycles. The number of anilines is 1. The van der Waals surface area contributed by atoms with Crippen molar-refractivity contribution < 1.29 is 18.8 Å². The Morgan fingerprint density at radius 1 is 0.927 bits per heavy atom. The molecule has 55 heavy (non-hydrogen) atoms. The summed E-state index contributed by atoms with van der Waals surface area (Å²) >= 11 is 0. The van der Waals surface area contributed by atoms with Crippen LogP contribution in [-0.2, 0) is 22.1 Å². The lowest BCUT2D eigenvalue weighted by Crippen LogP contribution is -2.48. The molecule has 5 aliphatic rings. The van der Waals surface area contributed by atoms with Gasteiger partial charge in [-0.1, -0.05) is 6.07 Å². The van der Waals surface area contributed by atoms with E-state index in [1.165, 1.54) is 10.1 Å². The number of hydrogen-bond donors (Lipinski definition) is 3. The Labute approximate surface area is 315 Å². The summed E-state index contributed by atoms with van der Waals surface area (Å²) in [6.07, 6.45) is 6.30. The largest absolute Gasteiger partial charge is 0.371 e. The zero-order chi connectivity index (χ0) is 37.6. The van der Waals surface area contributed by atoms with Gasteiger partial charge in [0, 0.05) is 81.6 Å². The molecule has 4 aliphatic heterocycles.